The number of rotatable bonds is 1. The van der Waals surface area contributed by atoms with Gasteiger partial charge >= 0.3 is 0 Å². The van der Waals surface area contributed by atoms with Crippen molar-refractivity contribution in [3.8, 4) is 0 Å². The molecule has 0 saturated carbocycles. The van der Waals surface area contributed by atoms with Gasteiger partial charge in [-0.2, -0.15) is 12.6 Å². The molecule has 0 aromatic heterocycles. The fourth-order valence-electron chi connectivity index (χ4n) is 2.51. The molecular formula is C13H18N2OS. The minimum Gasteiger partial charge on any atom is -0.398 e. The largest absolute Gasteiger partial charge is 0.398 e. The SMILES string of the molecule is Cc1cc(C)c(N2CC(S)CC2=O)c(C)c1N. The van der Waals surface area contributed by atoms with E-state index in [0.717, 1.165) is 28.1 Å². The summed E-state index contributed by atoms with van der Waals surface area (Å²) in [7, 11) is 0. The number of thiol groups is 1. The summed E-state index contributed by atoms with van der Waals surface area (Å²) in [5.74, 6) is 0.138. The van der Waals surface area contributed by atoms with Crippen molar-refractivity contribution < 1.29 is 4.79 Å². The Labute approximate surface area is 107 Å². The zero-order valence-corrected chi connectivity index (χ0v) is 11.3. The van der Waals surface area contributed by atoms with Crippen molar-refractivity contribution in [3.63, 3.8) is 0 Å². The highest BCUT2D eigenvalue weighted by molar-refractivity contribution is 7.81. The average Bonchev–Trinajstić information content (AvgIpc) is 2.55. The summed E-state index contributed by atoms with van der Waals surface area (Å²) in [6, 6.07) is 2.04. The molecule has 1 amide bonds. The summed E-state index contributed by atoms with van der Waals surface area (Å²) in [5, 5.41) is 0.129. The average molecular weight is 250 g/mol. The van der Waals surface area contributed by atoms with Gasteiger partial charge in [0, 0.05) is 23.9 Å². The summed E-state index contributed by atoms with van der Waals surface area (Å²) in [6.45, 7) is 6.66. The van der Waals surface area contributed by atoms with Gasteiger partial charge in [0.25, 0.3) is 0 Å². The molecule has 1 fully saturated rings. The number of nitrogens with two attached hydrogens (primary N) is 1. The number of carbonyl (C=O) groups is 1. The van der Waals surface area contributed by atoms with E-state index in [1.807, 2.05) is 31.7 Å². The van der Waals surface area contributed by atoms with Crippen LogP contribution in [0, 0.1) is 20.8 Å². The van der Waals surface area contributed by atoms with Gasteiger partial charge in [-0.1, -0.05) is 6.07 Å². The van der Waals surface area contributed by atoms with Crippen molar-refractivity contribution in [2.45, 2.75) is 32.4 Å². The van der Waals surface area contributed by atoms with Crippen LogP contribution in [0.15, 0.2) is 6.07 Å². The van der Waals surface area contributed by atoms with Crippen LogP contribution < -0.4 is 10.6 Å². The maximum absolute atomic E-state index is 11.9. The van der Waals surface area contributed by atoms with E-state index in [0.29, 0.717) is 13.0 Å². The van der Waals surface area contributed by atoms with Gasteiger partial charge in [-0.05, 0) is 37.5 Å². The van der Waals surface area contributed by atoms with Crippen LogP contribution in [0.4, 0.5) is 11.4 Å². The topological polar surface area (TPSA) is 46.3 Å². The first kappa shape index (κ1) is 12.3. The highest BCUT2D eigenvalue weighted by atomic mass is 32.1. The number of nitrogen functional groups attached to an aromatic ring is 1. The molecule has 1 aromatic carbocycles. The number of carbonyl (C=O) groups excluding carboxylic acids is 1. The predicted octanol–water partition coefficient (Wildman–Crippen LogP) is 2.23. The van der Waals surface area contributed by atoms with Crippen molar-refractivity contribution >= 4 is 29.9 Å². The molecule has 1 atom stereocenters. The Balaban J connectivity index is 2.53. The first-order valence-corrected chi connectivity index (χ1v) is 6.28. The molecule has 0 spiro atoms. The second-order valence-electron chi connectivity index (χ2n) is 4.76. The normalized spacial score (nSPS) is 20.1. The van der Waals surface area contributed by atoms with Gasteiger partial charge in [0.2, 0.25) is 5.91 Å². The van der Waals surface area contributed by atoms with E-state index >= 15 is 0 Å². The third kappa shape index (κ3) is 2.02. The van der Waals surface area contributed by atoms with E-state index in [9.17, 15) is 4.79 Å². The molecule has 2 rings (SSSR count). The molecule has 1 unspecified atom stereocenters. The van der Waals surface area contributed by atoms with E-state index in [2.05, 4.69) is 12.6 Å². The maximum Gasteiger partial charge on any atom is 0.228 e. The van der Waals surface area contributed by atoms with E-state index in [1.54, 1.807) is 0 Å². The molecule has 1 aliphatic rings. The van der Waals surface area contributed by atoms with E-state index in [1.165, 1.54) is 0 Å². The van der Waals surface area contributed by atoms with Gasteiger partial charge in [0.05, 0.1) is 5.69 Å². The number of hydrogen-bond donors (Lipinski definition) is 2. The van der Waals surface area contributed by atoms with Crippen LogP contribution >= 0.6 is 12.6 Å². The van der Waals surface area contributed by atoms with Crippen molar-refractivity contribution in [1.29, 1.82) is 0 Å². The van der Waals surface area contributed by atoms with Crippen molar-refractivity contribution in [1.82, 2.24) is 0 Å². The minimum atomic E-state index is 0.129. The fraction of sp³-hybridized carbons (Fsp3) is 0.462. The lowest BCUT2D eigenvalue weighted by Gasteiger charge is -2.23. The lowest BCUT2D eigenvalue weighted by Crippen LogP contribution is -2.26. The number of anilines is 2. The van der Waals surface area contributed by atoms with Crippen molar-refractivity contribution in [2.75, 3.05) is 17.2 Å². The molecule has 92 valence electrons. The van der Waals surface area contributed by atoms with E-state index in [-0.39, 0.29) is 11.2 Å². The molecule has 1 heterocycles. The highest BCUT2D eigenvalue weighted by Crippen LogP contribution is 2.34. The molecular weight excluding hydrogens is 232 g/mol. The fourth-order valence-corrected chi connectivity index (χ4v) is 2.83. The third-order valence-corrected chi connectivity index (χ3v) is 3.71. The number of benzene rings is 1. The standard InChI is InChI=1S/C13H18N2OS/c1-7-4-8(2)13(9(3)12(7)14)15-6-10(17)5-11(15)16/h4,10,17H,5-6,14H2,1-3H3. The Bertz CT molecular complexity index is 485. The van der Waals surface area contributed by atoms with Crippen LogP contribution in [0.2, 0.25) is 0 Å². The summed E-state index contributed by atoms with van der Waals surface area (Å²) in [6.07, 6.45) is 0.510. The smallest absolute Gasteiger partial charge is 0.228 e. The molecule has 1 aliphatic heterocycles. The summed E-state index contributed by atoms with van der Waals surface area (Å²) in [5.41, 5.74) is 11.0. The minimum absolute atomic E-state index is 0.129. The van der Waals surface area contributed by atoms with E-state index in [4.69, 9.17) is 5.73 Å². The summed E-state index contributed by atoms with van der Waals surface area (Å²) in [4.78, 5) is 13.7. The molecule has 3 nitrogen and oxygen atoms in total. The predicted molar refractivity (Wildman–Crippen MR) is 74.8 cm³/mol. The zero-order chi connectivity index (χ0) is 12.7. The van der Waals surface area contributed by atoms with Gasteiger partial charge in [-0.25, -0.2) is 0 Å². The van der Waals surface area contributed by atoms with Gasteiger partial charge in [0.15, 0.2) is 0 Å². The number of amides is 1. The van der Waals surface area contributed by atoms with Crippen LogP contribution in [-0.2, 0) is 4.79 Å². The first-order chi connectivity index (χ1) is 7.91. The van der Waals surface area contributed by atoms with E-state index < -0.39 is 0 Å². The lowest BCUT2D eigenvalue weighted by atomic mass is 10.0. The van der Waals surface area contributed by atoms with Gasteiger partial charge in [-0.3, -0.25) is 4.79 Å². The number of hydrogen-bond acceptors (Lipinski definition) is 3. The van der Waals surface area contributed by atoms with Crippen LogP contribution in [0.5, 0.6) is 0 Å². The molecule has 4 heteroatoms. The molecule has 0 radical (unpaired) electrons. The first-order valence-electron chi connectivity index (χ1n) is 5.76. The summed E-state index contributed by atoms with van der Waals surface area (Å²) < 4.78 is 0. The molecule has 17 heavy (non-hydrogen) atoms. The van der Waals surface area contributed by atoms with Crippen LogP contribution in [0.25, 0.3) is 0 Å². The Kier molecular flexibility index (Phi) is 3.08. The zero-order valence-electron chi connectivity index (χ0n) is 10.4. The molecule has 1 saturated heterocycles. The Morgan fingerprint density at radius 3 is 2.53 bits per heavy atom. The lowest BCUT2D eigenvalue weighted by molar-refractivity contribution is -0.117. The van der Waals surface area contributed by atoms with Crippen molar-refractivity contribution in [2.24, 2.45) is 0 Å². The number of nitrogens with zero attached hydrogens (tertiary/aromatic N) is 1. The monoisotopic (exact) mass is 250 g/mol. The quantitative estimate of drug-likeness (QED) is 0.593. The highest BCUT2D eigenvalue weighted by Gasteiger charge is 2.30. The molecule has 0 bridgehead atoms. The second kappa shape index (κ2) is 4.26. The van der Waals surface area contributed by atoms with Crippen molar-refractivity contribution in [3.05, 3.63) is 22.8 Å². The Hall–Kier alpha value is -1.16. The van der Waals surface area contributed by atoms with Crippen LogP contribution in [0.3, 0.4) is 0 Å². The van der Waals surface area contributed by atoms with Gasteiger partial charge in [-0.15, -0.1) is 0 Å². The molecule has 1 aromatic rings. The summed E-state index contributed by atoms with van der Waals surface area (Å²) >= 11 is 4.38. The Morgan fingerprint density at radius 1 is 1.35 bits per heavy atom. The number of aryl methyl sites for hydroxylation is 2. The maximum atomic E-state index is 11.9. The Morgan fingerprint density at radius 2 is 2.00 bits per heavy atom. The molecule has 0 aliphatic carbocycles. The molecule has 2 N–H and O–H groups in total. The van der Waals surface area contributed by atoms with Crippen LogP contribution in [0.1, 0.15) is 23.1 Å². The third-order valence-electron chi connectivity index (χ3n) is 3.37. The van der Waals surface area contributed by atoms with Gasteiger partial charge < -0.3 is 10.6 Å². The second-order valence-corrected chi connectivity index (χ2v) is 5.49. The van der Waals surface area contributed by atoms with Gasteiger partial charge in [0.1, 0.15) is 0 Å². The van der Waals surface area contributed by atoms with Crippen LogP contribution in [-0.4, -0.2) is 17.7 Å².